The molecule has 5 heteroatoms. The molecule has 1 aliphatic heterocycles. The van der Waals surface area contributed by atoms with E-state index in [1.807, 2.05) is 0 Å². The van der Waals surface area contributed by atoms with E-state index in [2.05, 4.69) is 0 Å². The van der Waals surface area contributed by atoms with Crippen molar-refractivity contribution < 1.29 is 23.8 Å². The van der Waals surface area contributed by atoms with Crippen LogP contribution in [0.1, 0.15) is 16.8 Å². The third-order valence-electron chi connectivity index (χ3n) is 2.68. The fraction of sp³-hybridized carbons (Fsp3) is 0.417. The smallest absolute Gasteiger partial charge is 0.339 e. The molecule has 4 nitrogen and oxygen atoms in total. The van der Waals surface area contributed by atoms with Gasteiger partial charge in [0.1, 0.15) is 5.56 Å². The molecule has 0 aliphatic carbocycles. The first-order valence-corrected chi connectivity index (χ1v) is 5.41. The molecular weight excluding hydrogens is 227 g/mol. The van der Waals surface area contributed by atoms with Gasteiger partial charge in [0.25, 0.3) is 0 Å². The second-order valence-corrected chi connectivity index (χ2v) is 3.96. The first-order chi connectivity index (χ1) is 8.18. The summed E-state index contributed by atoms with van der Waals surface area (Å²) in [5.74, 6) is -1.82. The molecule has 0 radical (unpaired) electrons. The Morgan fingerprint density at radius 1 is 1.59 bits per heavy atom. The van der Waals surface area contributed by atoms with Crippen LogP contribution in [0.3, 0.4) is 0 Å². The highest BCUT2D eigenvalue weighted by Gasteiger charge is 2.20. The molecule has 0 aromatic heterocycles. The highest BCUT2D eigenvalue weighted by atomic mass is 19.1. The van der Waals surface area contributed by atoms with Crippen molar-refractivity contribution in [1.29, 1.82) is 0 Å². The monoisotopic (exact) mass is 240 g/mol. The molecule has 0 saturated carbocycles. The number of rotatable bonds is 4. The van der Waals surface area contributed by atoms with E-state index in [4.69, 9.17) is 14.6 Å². The maximum absolute atomic E-state index is 13.5. The van der Waals surface area contributed by atoms with Crippen molar-refractivity contribution in [3.63, 3.8) is 0 Å². The van der Waals surface area contributed by atoms with E-state index in [0.717, 1.165) is 6.42 Å². The summed E-state index contributed by atoms with van der Waals surface area (Å²) >= 11 is 0. The van der Waals surface area contributed by atoms with Gasteiger partial charge in [-0.25, -0.2) is 9.18 Å². The Morgan fingerprint density at radius 2 is 2.41 bits per heavy atom. The van der Waals surface area contributed by atoms with Crippen molar-refractivity contribution >= 4 is 5.97 Å². The molecule has 1 fully saturated rings. The molecule has 1 aliphatic rings. The molecule has 92 valence electrons. The average molecular weight is 240 g/mol. The van der Waals surface area contributed by atoms with Crippen LogP contribution in [-0.4, -0.2) is 30.9 Å². The molecule has 1 aromatic rings. The predicted molar refractivity (Wildman–Crippen MR) is 57.8 cm³/mol. The summed E-state index contributed by atoms with van der Waals surface area (Å²) in [6.45, 7) is 1.54. The number of hydrogen-bond acceptors (Lipinski definition) is 3. The van der Waals surface area contributed by atoms with Crippen LogP contribution in [0.4, 0.5) is 4.39 Å². The van der Waals surface area contributed by atoms with E-state index in [0.29, 0.717) is 13.2 Å². The number of benzene rings is 1. The fourth-order valence-corrected chi connectivity index (χ4v) is 1.74. The lowest BCUT2D eigenvalue weighted by Gasteiger charge is -2.12. The molecule has 0 bridgehead atoms. The van der Waals surface area contributed by atoms with Gasteiger partial charge < -0.3 is 14.6 Å². The zero-order valence-electron chi connectivity index (χ0n) is 9.19. The molecular formula is C12H13FO4. The van der Waals surface area contributed by atoms with Crippen LogP contribution in [0.5, 0.6) is 5.75 Å². The molecule has 0 amide bonds. The number of carbonyl (C=O) groups is 1. The van der Waals surface area contributed by atoms with Gasteiger partial charge in [-0.2, -0.15) is 0 Å². The Labute approximate surface area is 98.0 Å². The second kappa shape index (κ2) is 5.14. The van der Waals surface area contributed by atoms with Crippen molar-refractivity contribution in [2.24, 2.45) is 5.92 Å². The van der Waals surface area contributed by atoms with Crippen LogP contribution >= 0.6 is 0 Å². The molecule has 1 aromatic carbocycles. The number of carboxylic acids is 1. The van der Waals surface area contributed by atoms with Gasteiger partial charge in [0.15, 0.2) is 11.6 Å². The maximum Gasteiger partial charge on any atom is 0.339 e. The molecule has 1 unspecified atom stereocenters. The molecule has 2 rings (SSSR count). The largest absolute Gasteiger partial charge is 0.489 e. The third kappa shape index (κ3) is 2.74. The number of para-hydroxylation sites is 1. The van der Waals surface area contributed by atoms with Crippen molar-refractivity contribution in [2.45, 2.75) is 6.42 Å². The minimum Gasteiger partial charge on any atom is -0.489 e. The summed E-state index contributed by atoms with van der Waals surface area (Å²) < 4.78 is 23.9. The maximum atomic E-state index is 13.5. The van der Waals surface area contributed by atoms with E-state index in [9.17, 15) is 9.18 Å². The summed E-state index contributed by atoms with van der Waals surface area (Å²) in [6.07, 6.45) is 0.858. The van der Waals surface area contributed by atoms with Gasteiger partial charge in [-0.05, 0) is 18.6 Å². The number of aromatic carboxylic acids is 1. The van der Waals surface area contributed by atoms with E-state index >= 15 is 0 Å². The number of ether oxygens (including phenoxy) is 2. The second-order valence-electron chi connectivity index (χ2n) is 3.96. The van der Waals surface area contributed by atoms with Crippen LogP contribution in [-0.2, 0) is 4.74 Å². The lowest BCUT2D eigenvalue weighted by atomic mass is 10.1. The molecule has 1 atom stereocenters. The number of halogens is 1. The molecule has 1 heterocycles. The average Bonchev–Trinajstić information content (AvgIpc) is 2.80. The highest BCUT2D eigenvalue weighted by molar-refractivity contribution is 5.90. The Morgan fingerprint density at radius 3 is 3.06 bits per heavy atom. The van der Waals surface area contributed by atoms with E-state index < -0.39 is 11.8 Å². The summed E-state index contributed by atoms with van der Waals surface area (Å²) in [5.41, 5.74) is -0.149. The Balaban J connectivity index is 2.10. The standard InChI is InChI=1S/C12H13FO4/c13-10-3-1-2-9(12(14)15)11(10)17-7-8-4-5-16-6-8/h1-3,8H,4-7H2,(H,14,15). The first kappa shape index (κ1) is 11.9. The predicted octanol–water partition coefficient (Wildman–Crippen LogP) is 1.94. The van der Waals surface area contributed by atoms with Gasteiger partial charge >= 0.3 is 5.97 Å². The highest BCUT2D eigenvalue weighted by Crippen LogP contribution is 2.24. The number of hydrogen-bond donors (Lipinski definition) is 1. The zero-order valence-corrected chi connectivity index (χ0v) is 9.19. The van der Waals surface area contributed by atoms with Crippen LogP contribution in [0.15, 0.2) is 18.2 Å². The van der Waals surface area contributed by atoms with Crippen molar-refractivity contribution in [2.75, 3.05) is 19.8 Å². The summed E-state index contributed by atoms with van der Waals surface area (Å²) in [7, 11) is 0. The Kier molecular flexibility index (Phi) is 3.58. The molecule has 0 spiro atoms. The van der Waals surface area contributed by atoms with Crippen molar-refractivity contribution in [3.05, 3.63) is 29.6 Å². The molecule has 17 heavy (non-hydrogen) atoms. The Hall–Kier alpha value is -1.62. The van der Waals surface area contributed by atoms with E-state index in [1.54, 1.807) is 0 Å². The first-order valence-electron chi connectivity index (χ1n) is 5.41. The lowest BCUT2D eigenvalue weighted by molar-refractivity contribution is 0.0689. The summed E-state index contributed by atoms with van der Waals surface area (Å²) in [4.78, 5) is 10.9. The topological polar surface area (TPSA) is 55.8 Å². The van der Waals surface area contributed by atoms with Gasteiger partial charge in [0.2, 0.25) is 0 Å². The minimum atomic E-state index is -1.19. The van der Waals surface area contributed by atoms with Gasteiger partial charge in [-0.3, -0.25) is 0 Å². The molecule has 1 saturated heterocycles. The van der Waals surface area contributed by atoms with Crippen LogP contribution in [0, 0.1) is 11.7 Å². The summed E-state index contributed by atoms with van der Waals surface area (Å²) in [5, 5.41) is 8.91. The van der Waals surface area contributed by atoms with Crippen molar-refractivity contribution in [3.8, 4) is 5.75 Å². The zero-order chi connectivity index (χ0) is 12.3. The van der Waals surface area contributed by atoms with Gasteiger partial charge in [-0.1, -0.05) is 6.07 Å². The van der Waals surface area contributed by atoms with Crippen LogP contribution < -0.4 is 4.74 Å². The third-order valence-corrected chi connectivity index (χ3v) is 2.68. The SMILES string of the molecule is O=C(O)c1cccc(F)c1OCC1CCOC1. The van der Waals surface area contributed by atoms with Crippen LogP contribution in [0.2, 0.25) is 0 Å². The molecule has 1 N–H and O–H groups in total. The van der Waals surface area contributed by atoms with Gasteiger partial charge in [-0.15, -0.1) is 0 Å². The van der Waals surface area contributed by atoms with E-state index in [-0.39, 0.29) is 23.8 Å². The summed E-state index contributed by atoms with van der Waals surface area (Å²) in [6, 6.07) is 3.86. The van der Waals surface area contributed by atoms with Gasteiger partial charge in [0.05, 0.1) is 13.2 Å². The van der Waals surface area contributed by atoms with E-state index in [1.165, 1.54) is 18.2 Å². The number of carboxylic acid groups (broad SMARTS) is 1. The fourth-order valence-electron chi connectivity index (χ4n) is 1.74. The lowest BCUT2D eigenvalue weighted by Crippen LogP contribution is -2.14. The minimum absolute atomic E-state index is 0.149. The van der Waals surface area contributed by atoms with Crippen molar-refractivity contribution in [1.82, 2.24) is 0 Å². The quantitative estimate of drug-likeness (QED) is 0.873. The van der Waals surface area contributed by atoms with Crippen LogP contribution in [0.25, 0.3) is 0 Å². The van der Waals surface area contributed by atoms with Gasteiger partial charge in [0, 0.05) is 12.5 Å². The Bertz CT molecular complexity index is 413. The normalized spacial score (nSPS) is 19.2.